The van der Waals surface area contributed by atoms with Crippen molar-refractivity contribution in [2.75, 3.05) is 7.11 Å². The Hall–Kier alpha value is -1.03. The van der Waals surface area contributed by atoms with E-state index in [2.05, 4.69) is 15.9 Å². The average molecular weight is 329 g/mol. The summed E-state index contributed by atoms with van der Waals surface area (Å²) in [6, 6.07) is 0. The van der Waals surface area contributed by atoms with Crippen molar-refractivity contribution in [1.82, 2.24) is 0 Å². The normalized spacial score (nSPS) is 12.3. The molecule has 1 atom stereocenters. The zero-order valence-corrected chi connectivity index (χ0v) is 13.7. The minimum atomic E-state index is -0.752. The number of methoxy groups -OCH3 is 1. The van der Waals surface area contributed by atoms with Gasteiger partial charge in [0.2, 0.25) is 0 Å². The van der Waals surface area contributed by atoms with E-state index < -0.39 is 5.97 Å². The predicted molar refractivity (Wildman–Crippen MR) is 80.0 cm³/mol. The van der Waals surface area contributed by atoms with Gasteiger partial charge in [0, 0.05) is 4.47 Å². The van der Waals surface area contributed by atoms with Crippen LogP contribution in [0.4, 0.5) is 0 Å². The summed E-state index contributed by atoms with van der Waals surface area (Å²) < 4.78 is 6.55. The quantitative estimate of drug-likeness (QED) is 0.887. The second-order valence-corrected chi connectivity index (χ2v) is 5.64. The van der Waals surface area contributed by atoms with Gasteiger partial charge in [-0.2, -0.15) is 0 Å². The zero-order chi connectivity index (χ0) is 14.7. The molecule has 1 unspecified atom stereocenters. The molecule has 1 aromatic carbocycles. The van der Waals surface area contributed by atoms with Crippen LogP contribution in [0.5, 0.6) is 5.75 Å². The van der Waals surface area contributed by atoms with Crippen LogP contribution in [0.25, 0.3) is 0 Å². The van der Waals surface area contributed by atoms with Gasteiger partial charge in [-0.1, -0.05) is 22.9 Å². The maximum absolute atomic E-state index is 11.2. The van der Waals surface area contributed by atoms with E-state index in [1.54, 1.807) is 7.11 Å². The summed E-state index contributed by atoms with van der Waals surface area (Å²) in [6.07, 6.45) is 1.11. The van der Waals surface area contributed by atoms with Crippen LogP contribution in [0.15, 0.2) is 4.47 Å². The summed E-state index contributed by atoms with van der Waals surface area (Å²) in [4.78, 5) is 11.2. The fraction of sp³-hybridized carbons (Fsp3) is 0.533. The highest BCUT2D eigenvalue weighted by Gasteiger charge is 2.22. The van der Waals surface area contributed by atoms with Crippen LogP contribution in [0.3, 0.4) is 0 Å². The summed E-state index contributed by atoms with van der Waals surface area (Å²) in [7, 11) is 1.64. The number of rotatable bonds is 5. The van der Waals surface area contributed by atoms with Crippen molar-refractivity contribution in [1.29, 1.82) is 0 Å². The third-order valence-corrected chi connectivity index (χ3v) is 4.97. The van der Waals surface area contributed by atoms with E-state index in [1.165, 1.54) is 0 Å². The third kappa shape index (κ3) is 3.11. The largest absolute Gasteiger partial charge is 0.496 e. The second kappa shape index (κ2) is 6.42. The van der Waals surface area contributed by atoms with Crippen molar-refractivity contribution in [3.05, 3.63) is 26.7 Å². The molecule has 0 bridgehead atoms. The molecule has 0 heterocycles. The SMILES string of the molecule is CCC(Cc1c(C)c(Br)c(C)c(C)c1OC)C(=O)O. The molecule has 0 saturated heterocycles. The van der Waals surface area contributed by atoms with Gasteiger partial charge >= 0.3 is 5.97 Å². The van der Waals surface area contributed by atoms with Crippen molar-refractivity contribution >= 4 is 21.9 Å². The van der Waals surface area contributed by atoms with E-state index in [-0.39, 0.29) is 5.92 Å². The fourth-order valence-electron chi connectivity index (χ4n) is 2.32. The van der Waals surface area contributed by atoms with E-state index in [0.717, 1.165) is 32.5 Å². The Morgan fingerprint density at radius 2 is 1.84 bits per heavy atom. The first-order valence-corrected chi connectivity index (χ1v) is 7.19. The maximum atomic E-state index is 11.2. The van der Waals surface area contributed by atoms with E-state index in [1.807, 2.05) is 27.7 Å². The summed E-state index contributed by atoms with van der Waals surface area (Å²) in [5.74, 6) is -0.308. The minimum absolute atomic E-state index is 0.374. The molecule has 4 heteroatoms. The summed E-state index contributed by atoms with van der Waals surface area (Å²) in [6.45, 7) is 7.94. The maximum Gasteiger partial charge on any atom is 0.306 e. The van der Waals surface area contributed by atoms with Gasteiger partial charge in [-0.3, -0.25) is 4.79 Å². The minimum Gasteiger partial charge on any atom is -0.496 e. The smallest absolute Gasteiger partial charge is 0.306 e. The number of carboxylic acid groups (broad SMARTS) is 1. The van der Waals surface area contributed by atoms with Gasteiger partial charge in [-0.15, -0.1) is 0 Å². The summed E-state index contributed by atoms with van der Waals surface area (Å²) in [5.41, 5.74) is 4.27. The lowest BCUT2D eigenvalue weighted by molar-refractivity contribution is -0.141. The summed E-state index contributed by atoms with van der Waals surface area (Å²) in [5, 5.41) is 9.23. The zero-order valence-electron chi connectivity index (χ0n) is 12.1. The van der Waals surface area contributed by atoms with Gasteiger partial charge in [0.25, 0.3) is 0 Å². The number of carboxylic acids is 1. The Labute approximate surface area is 123 Å². The Morgan fingerprint density at radius 1 is 1.26 bits per heavy atom. The van der Waals surface area contributed by atoms with E-state index in [0.29, 0.717) is 12.8 Å². The number of ether oxygens (including phenoxy) is 1. The van der Waals surface area contributed by atoms with Gasteiger partial charge < -0.3 is 9.84 Å². The molecule has 1 rings (SSSR count). The lowest BCUT2D eigenvalue weighted by Gasteiger charge is -2.20. The number of halogens is 1. The van der Waals surface area contributed by atoms with Crippen LogP contribution < -0.4 is 4.74 Å². The Morgan fingerprint density at radius 3 is 2.26 bits per heavy atom. The topological polar surface area (TPSA) is 46.5 Å². The highest BCUT2D eigenvalue weighted by Crippen LogP contribution is 2.37. The van der Waals surface area contributed by atoms with E-state index in [4.69, 9.17) is 4.74 Å². The van der Waals surface area contributed by atoms with Crippen molar-refractivity contribution in [2.45, 2.75) is 40.5 Å². The third-order valence-electron chi connectivity index (χ3n) is 3.79. The fourth-order valence-corrected chi connectivity index (χ4v) is 2.86. The van der Waals surface area contributed by atoms with Crippen molar-refractivity contribution in [3.8, 4) is 5.75 Å². The van der Waals surface area contributed by atoms with E-state index >= 15 is 0 Å². The van der Waals surface area contributed by atoms with Crippen LogP contribution in [-0.4, -0.2) is 18.2 Å². The first kappa shape index (κ1) is 16.0. The van der Waals surface area contributed by atoms with Gasteiger partial charge in [-0.05, 0) is 55.9 Å². The monoisotopic (exact) mass is 328 g/mol. The van der Waals surface area contributed by atoms with Crippen LogP contribution in [0.2, 0.25) is 0 Å². The molecule has 3 nitrogen and oxygen atoms in total. The highest BCUT2D eigenvalue weighted by atomic mass is 79.9. The lowest BCUT2D eigenvalue weighted by Crippen LogP contribution is -2.17. The molecule has 0 radical (unpaired) electrons. The number of hydrogen-bond acceptors (Lipinski definition) is 2. The number of hydrogen-bond donors (Lipinski definition) is 1. The second-order valence-electron chi connectivity index (χ2n) is 4.85. The molecule has 19 heavy (non-hydrogen) atoms. The van der Waals surface area contributed by atoms with E-state index in [9.17, 15) is 9.90 Å². The molecule has 1 N–H and O–H groups in total. The molecule has 0 fully saturated rings. The van der Waals surface area contributed by atoms with Gasteiger partial charge in [-0.25, -0.2) is 0 Å². The molecule has 0 spiro atoms. The first-order valence-electron chi connectivity index (χ1n) is 6.39. The molecular weight excluding hydrogens is 308 g/mol. The molecule has 0 aliphatic rings. The molecule has 0 aliphatic carbocycles. The first-order chi connectivity index (χ1) is 8.84. The van der Waals surface area contributed by atoms with Gasteiger partial charge in [0.15, 0.2) is 0 Å². The number of benzene rings is 1. The lowest BCUT2D eigenvalue weighted by atomic mass is 9.90. The predicted octanol–water partition coefficient (Wildman–Crippen LogP) is 4.04. The highest BCUT2D eigenvalue weighted by molar-refractivity contribution is 9.10. The Kier molecular flexibility index (Phi) is 5.41. The molecule has 106 valence electrons. The van der Waals surface area contributed by atoms with Crippen LogP contribution in [0, 0.1) is 26.7 Å². The van der Waals surface area contributed by atoms with Gasteiger partial charge in [0.1, 0.15) is 5.75 Å². The van der Waals surface area contributed by atoms with Crippen LogP contribution in [-0.2, 0) is 11.2 Å². The Balaban J connectivity index is 3.37. The summed E-state index contributed by atoms with van der Waals surface area (Å²) >= 11 is 3.59. The van der Waals surface area contributed by atoms with Crippen molar-refractivity contribution in [2.24, 2.45) is 5.92 Å². The van der Waals surface area contributed by atoms with Gasteiger partial charge in [0.05, 0.1) is 13.0 Å². The van der Waals surface area contributed by atoms with Crippen molar-refractivity contribution < 1.29 is 14.6 Å². The van der Waals surface area contributed by atoms with Crippen LogP contribution >= 0.6 is 15.9 Å². The average Bonchev–Trinajstić information content (AvgIpc) is 2.38. The molecule has 0 saturated carbocycles. The molecule has 0 amide bonds. The number of carbonyl (C=O) groups is 1. The molecular formula is C15H21BrO3. The van der Waals surface area contributed by atoms with Crippen molar-refractivity contribution in [3.63, 3.8) is 0 Å². The molecule has 1 aromatic rings. The molecule has 0 aromatic heterocycles. The Bertz CT molecular complexity index is 495. The van der Waals surface area contributed by atoms with Crippen LogP contribution in [0.1, 0.15) is 35.6 Å². The standard InChI is InChI=1S/C15H21BrO3/c1-6-11(15(17)18)7-12-10(4)13(16)8(2)9(3)14(12)19-5/h11H,6-7H2,1-5H3,(H,17,18). The number of aliphatic carboxylic acids is 1. The molecule has 0 aliphatic heterocycles.